The van der Waals surface area contributed by atoms with E-state index >= 15 is 0 Å². The van der Waals surface area contributed by atoms with Gasteiger partial charge in [-0.25, -0.2) is 4.98 Å². The molecule has 0 amide bonds. The molecule has 5 heteroatoms. The Morgan fingerprint density at radius 3 is 2.89 bits per heavy atom. The summed E-state index contributed by atoms with van der Waals surface area (Å²) in [6.07, 6.45) is 5.59. The van der Waals surface area contributed by atoms with Gasteiger partial charge in [-0.1, -0.05) is 0 Å². The van der Waals surface area contributed by atoms with Gasteiger partial charge in [0.2, 0.25) is 0 Å². The highest BCUT2D eigenvalue weighted by Gasteiger charge is 2.08. The number of nitrogens with one attached hydrogen (secondary N) is 1. The summed E-state index contributed by atoms with van der Waals surface area (Å²) in [6, 6.07) is 4.31. The lowest BCUT2D eigenvalue weighted by atomic mass is 10.2. The number of hydrogen-bond donors (Lipinski definition) is 2. The van der Waals surface area contributed by atoms with E-state index in [0.29, 0.717) is 11.7 Å². The monoisotopic (exact) mass is 241 g/mol. The van der Waals surface area contributed by atoms with Gasteiger partial charge in [0.1, 0.15) is 5.52 Å². The van der Waals surface area contributed by atoms with Crippen molar-refractivity contribution < 1.29 is 0 Å². The fourth-order valence-electron chi connectivity index (χ4n) is 1.93. The zero-order valence-corrected chi connectivity index (χ0v) is 10.4. The first-order valence-corrected chi connectivity index (χ1v) is 5.93. The van der Waals surface area contributed by atoms with Crippen LogP contribution in [0.2, 0.25) is 0 Å². The highest BCUT2D eigenvalue weighted by Crippen LogP contribution is 2.24. The van der Waals surface area contributed by atoms with Crippen LogP contribution in [0.25, 0.3) is 22.3 Å². The van der Waals surface area contributed by atoms with Crippen LogP contribution in [0.5, 0.6) is 0 Å². The Hall–Kier alpha value is -2.30. The topological polar surface area (TPSA) is 72.5 Å². The predicted molar refractivity (Wildman–Crippen MR) is 72.1 cm³/mol. The number of hydrogen-bond acceptors (Lipinski definition) is 3. The normalized spacial score (nSPS) is 11.5. The van der Waals surface area contributed by atoms with E-state index in [9.17, 15) is 0 Å². The van der Waals surface area contributed by atoms with Crippen molar-refractivity contribution in [2.45, 2.75) is 19.9 Å². The van der Waals surface area contributed by atoms with Crippen LogP contribution in [0.15, 0.2) is 30.7 Å². The van der Waals surface area contributed by atoms with Crippen molar-refractivity contribution in [3.63, 3.8) is 0 Å². The maximum Gasteiger partial charge on any atom is 0.112 e. The standard InChI is InChI=1S/C13H15N5/c1-8(2)18-7-9(5-16-18)11-3-4-12-13(17-11)10(14)6-15-12/h3-8,15H,14H2,1-2H3. The second kappa shape index (κ2) is 3.87. The van der Waals surface area contributed by atoms with E-state index in [1.54, 1.807) is 6.20 Å². The van der Waals surface area contributed by atoms with E-state index in [1.165, 1.54) is 0 Å². The van der Waals surface area contributed by atoms with Crippen LogP contribution in [-0.4, -0.2) is 19.7 Å². The number of H-pyrrole nitrogens is 1. The van der Waals surface area contributed by atoms with Crippen LogP contribution >= 0.6 is 0 Å². The molecule has 5 nitrogen and oxygen atoms in total. The molecule has 0 aliphatic carbocycles. The first-order chi connectivity index (χ1) is 8.65. The third-order valence-corrected chi connectivity index (χ3v) is 2.98. The van der Waals surface area contributed by atoms with Crippen LogP contribution < -0.4 is 5.73 Å². The molecule has 0 aliphatic rings. The first-order valence-electron chi connectivity index (χ1n) is 5.93. The van der Waals surface area contributed by atoms with Crippen molar-refractivity contribution in [1.82, 2.24) is 19.7 Å². The summed E-state index contributed by atoms with van der Waals surface area (Å²) in [7, 11) is 0. The zero-order valence-electron chi connectivity index (χ0n) is 10.4. The minimum absolute atomic E-state index is 0.347. The van der Waals surface area contributed by atoms with Crippen LogP contribution in [0, 0.1) is 0 Å². The van der Waals surface area contributed by atoms with Gasteiger partial charge in [-0.3, -0.25) is 4.68 Å². The molecule has 0 saturated carbocycles. The molecule has 0 radical (unpaired) electrons. The summed E-state index contributed by atoms with van der Waals surface area (Å²) in [5.74, 6) is 0. The van der Waals surface area contributed by atoms with Crippen molar-refractivity contribution in [1.29, 1.82) is 0 Å². The molecule has 0 spiro atoms. The number of nitrogen functional groups attached to an aromatic ring is 1. The van der Waals surface area contributed by atoms with Crippen molar-refractivity contribution in [2.24, 2.45) is 0 Å². The SMILES string of the molecule is CC(C)n1cc(-c2ccc3[nH]cc(N)c3n2)cn1. The number of rotatable bonds is 2. The lowest BCUT2D eigenvalue weighted by Crippen LogP contribution is -1.99. The number of pyridine rings is 1. The number of aromatic nitrogens is 4. The molecular formula is C13H15N5. The van der Waals surface area contributed by atoms with E-state index < -0.39 is 0 Å². The highest BCUT2D eigenvalue weighted by molar-refractivity contribution is 5.89. The van der Waals surface area contributed by atoms with E-state index in [4.69, 9.17) is 5.73 Å². The molecule has 0 saturated heterocycles. The van der Waals surface area contributed by atoms with Crippen LogP contribution in [0.1, 0.15) is 19.9 Å². The van der Waals surface area contributed by atoms with Gasteiger partial charge in [0.25, 0.3) is 0 Å². The number of anilines is 1. The average Bonchev–Trinajstić information content (AvgIpc) is 2.96. The number of nitrogens with two attached hydrogens (primary N) is 1. The molecule has 3 heterocycles. The third kappa shape index (κ3) is 1.64. The van der Waals surface area contributed by atoms with Gasteiger partial charge in [0.15, 0.2) is 0 Å². The number of nitrogens with zero attached hydrogens (tertiary/aromatic N) is 3. The summed E-state index contributed by atoms with van der Waals surface area (Å²) < 4.78 is 1.92. The van der Waals surface area contributed by atoms with Crippen molar-refractivity contribution in [2.75, 3.05) is 5.73 Å². The quantitative estimate of drug-likeness (QED) is 0.724. The average molecular weight is 241 g/mol. The Kier molecular flexibility index (Phi) is 2.33. The van der Waals surface area contributed by atoms with Gasteiger partial charge >= 0.3 is 0 Å². The molecule has 0 aromatic carbocycles. The molecule has 3 rings (SSSR count). The Morgan fingerprint density at radius 2 is 2.17 bits per heavy atom. The zero-order chi connectivity index (χ0) is 12.7. The minimum atomic E-state index is 0.347. The highest BCUT2D eigenvalue weighted by atomic mass is 15.3. The fraction of sp³-hybridized carbons (Fsp3) is 0.231. The summed E-state index contributed by atoms with van der Waals surface area (Å²) in [5, 5.41) is 4.32. The lowest BCUT2D eigenvalue weighted by molar-refractivity contribution is 0.532. The van der Waals surface area contributed by atoms with Gasteiger partial charge in [-0.05, 0) is 26.0 Å². The Labute approximate surface area is 105 Å². The van der Waals surface area contributed by atoms with Crippen LogP contribution in [0.4, 0.5) is 5.69 Å². The van der Waals surface area contributed by atoms with E-state index in [1.807, 2.05) is 29.2 Å². The minimum Gasteiger partial charge on any atom is -0.396 e. The molecule has 92 valence electrons. The Morgan fingerprint density at radius 1 is 1.33 bits per heavy atom. The molecule has 0 aliphatic heterocycles. The van der Waals surface area contributed by atoms with Gasteiger partial charge in [-0.15, -0.1) is 0 Å². The van der Waals surface area contributed by atoms with Crippen molar-refractivity contribution in [3.8, 4) is 11.3 Å². The molecular weight excluding hydrogens is 226 g/mol. The maximum atomic E-state index is 5.86. The van der Waals surface area contributed by atoms with E-state index in [0.717, 1.165) is 22.3 Å². The van der Waals surface area contributed by atoms with E-state index in [2.05, 4.69) is 28.9 Å². The molecule has 18 heavy (non-hydrogen) atoms. The van der Waals surface area contributed by atoms with Gasteiger partial charge in [-0.2, -0.15) is 5.10 Å². The Bertz CT molecular complexity index is 692. The fourth-order valence-corrected chi connectivity index (χ4v) is 1.93. The summed E-state index contributed by atoms with van der Waals surface area (Å²) in [4.78, 5) is 7.65. The van der Waals surface area contributed by atoms with Crippen molar-refractivity contribution in [3.05, 3.63) is 30.7 Å². The molecule has 0 unspecified atom stereocenters. The van der Waals surface area contributed by atoms with Gasteiger partial charge in [0, 0.05) is 24.0 Å². The number of aromatic amines is 1. The molecule has 3 aromatic heterocycles. The lowest BCUT2D eigenvalue weighted by Gasteiger charge is -2.03. The van der Waals surface area contributed by atoms with Crippen LogP contribution in [-0.2, 0) is 0 Å². The number of fused-ring (bicyclic) bond motifs is 1. The second-order valence-corrected chi connectivity index (χ2v) is 4.64. The maximum absolute atomic E-state index is 5.86. The van der Waals surface area contributed by atoms with E-state index in [-0.39, 0.29) is 0 Å². The third-order valence-electron chi connectivity index (χ3n) is 2.98. The van der Waals surface area contributed by atoms with Crippen molar-refractivity contribution >= 4 is 16.7 Å². The smallest absolute Gasteiger partial charge is 0.112 e. The predicted octanol–water partition coefficient (Wildman–Crippen LogP) is 2.59. The summed E-state index contributed by atoms with van der Waals surface area (Å²) in [6.45, 7) is 4.19. The van der Waals surface area contributed by atoms with Crippen LogP contribution in [0.3, 0.4) is 0 Å². The molecule has 3 N–H and O–H groups in total. The van der Waals surface area contributed by atoms with Gasteiger partial charge < -0.3 is 10.7 Å². The largest absolute Gasteiger partial charge is 0.396 e. The molecule has 0 atom stereocenters. The second-order valence-electron chi connectivity index (χ2n) is 4.64. The summed E-state index contributed by atoms with van der Waals surface area (Å²) in [5.41, 5.74) is 10.2. The molecule has 3 aromatic rings. The summed E-state index contributed by atoms with van der Waals surface area (Å²) >= 11 is 0. The molecule has 0 bridgehead atoms. The Balaban J connectivity index is 2.09. The van der Waals surface area contributed by atoms with Gasteiger partial charge in [0.05, 0.1) is 23.1 Å². The molecule has 0 fully saturated rings. The first kappa shape index (κ1) is 10.8.